The summed E-state index contributed by atoms with van der Waals surface area (Å²) in [7, 11) is 4.29. The van der Waals surface area contributed by atoms with Gasteiger partial charge in [0.2, 0.25) is 0 Å². The number of ether oxygens (including phenoxy) is 2. The van der Waals surface area contributed by atoms with Gasteiger partial charge < -0.3 is 30.5 Å². The molecule has 17 nitrogen and oxygen atoms in total. The molecule has 3 aliphatic rings. The molecule has 0 aliphatic heterocycles. The fourth-order valence-corrected chi connectivity index (χ4v) is 12.9. The van der Waals surface area contributed by atoms with E-state index in [0.29, 0.717) is 45.4 Å². The van der Waals surface area contributed by atoms with Crippen molar-refractivity contribution in [2.24, 2.45) is 7.05 Å². The van der Waals surface area contributed by atoms with Crippen LogP contribution in [-0.2, 0) is 58.2 Å². The number of rotatable bonds is 17. The highest BCUT2D eigenvalue weighted by Crippen LogP contribution is 2.36. The number of aryl methyl sites for hydroxylation is 1. The van der Waals surface area contributed by atoms with Crippen molar-refractivity contribution >= 4 is 87.8 Å². The average Bonchev–Trinajstić information content (AvgIpc) is 1.65. The quantitative estimate of drug-likeness (QED) is 0.0370. The van der Waals surface area contributed by atoms with Crippen LogP contribution in [-0.4, -0.2) is 97.9 Å². The fourth-order valence-electron chi connectivity index (χ4n) is 12.5. The van der Waals surface area contributed by atoms with Crippen molar-refractivity contribution in [3.05, 3.63) is 263 Å². The van der Waals surface area contributed by atoms with Crippen LogP contribution in [0.3, 0.4) is 0 Å². The first-order valence-corrected chi connectivity index (χ1v) is 33.5. The number of aromatic nitrogens is 6. The highest BCUT2D eigenvalue weighted by molar-refractivity contribution is 6.31. The summed E-state index contributed by atoms with van der Waals surface area (Å²) >= 11 is 12.3. The lowest BCUT2D eigenvalue weighted by molar-refractivity contribution is -0.143. The van der Waals surface area contributed by atoms with Gasteiger partial charge in [0.05, 0.1) is 44.0 Å². The van der Waals surface area contributed by atoms with Crippen LogP contribution in [0.4, 0.5) is 13.2 Å². The van der Waals surface area contributed by atoms with E-state index in [4.69, 9.17) is 32.7 Å². The molecule has 6 N–H and O–H groups in total. The van der Waals surface area contributed by atoms with E-state index in [0.717, 1.165) is 137 Å². The number of hydrogen-bond donors (Lipinski definition) is 6. The SMILES string of the molecule is COC(=O)[C@H](Cc1ccc(F)cc1)NC(=O)c1[nH]nc2c1CCCC/C2=C\c1cccc(Cl)c1.COC(=O)[C@H](Cc1ccc(F)cc1)NC(=O)c1nn(C)c2c1CCCC/C2=C\c1cccc(F)c1.O=C(N[C@@H](CO)c1ccccc1)c1[nH]nc2c1CCCC/C2=C\c1cccc(Cl)c1. The summed E-state index contributed by atoms with van der Waals surface area (Å²) in [5.41, 5.74) is 14.1. The molecular weight excluding hydrogens is 1310 g/mol. The molecule has 12 rings (SSSR count). The number of nitrogens with zero attached hydrogens (tertiary/aromatic N) is 4. The lowest BCUT2D eigenvalue weighted by Crippen LogP contribution is -2.43. The first kappa shape index (κ1) is 71.6. The maximum absolute atomic E-state index is 13.7. The molecule has 3 amide bonds. The van der Waals surface area contributed by atoms with E-state index in [1.165, 1.54) is 50.6 Å². The third-order valence-electron chi connectivity index (χ3n) is 17.4. The molecule has 6 aromatic carbocycles. The van der Waals surface area contributed by atoms with Crippen molar-refractivity contribution in [3.8, 4) is 0 Å². The summed E-state index contributed by atoms with van der Waals surface area (Å²) < 4.78 is 51.7. The van der Waals surface area contributed by atoms with Crippen molar-refractivity contribution in [1.29, 1.82) is 0 Å². The van der Waals surface area contributed by atoms with Gasteiger partial charge in [-0.1, -0.05) is 114 Å². The number of halogens is 5. The van der Waals surface area contributed by atoms with E-state index < -0.39 is 41.9 Å². The molecule has 3 aliphatic carbocycles. The molecule has 99 heavy (non-hydrogen) atoms. The molecule has 22 heteroatoms. The number of aliphatic hydroxyl groups is 1. The average molecular weight is 1380 g/mol. The maximum atomic E-state index is 13.7. The number of aromatic amines is 2. The molecule has 0 saturated carbocycles. The van der Waals surface area contributed by atoms with Gasteiger partial charge in [0.15, 0.2) is 5.69 Å². The number of amides is 3. The standard InChI is InChI=1S/C27H27F2N3O3.C26H25ClFN3O3.C24H24ClN3O2/c1-32-25-19(14-18-6-5-8-21(29)15-18)7-3-4-9-22(25)24(31-32)26(33)30-23(27(34)35-2)16-17-10-12-20(28)13-11-17;1-34-26(33)22(15-16-9-11-20(28)12-10-16)29-25(32)24-21-8-3-2-6-18(23(21)30-31-24)13-17-5-4-7-19(27)14-17;25-19-11-6-7-16(14-19)13-18-10-4-5-12-20-22(18)27-28-23(20)24(30)26-21(15-29)17-8-2-1-3-9-17/h5-6,8,10-15,23H,3-4,7,9,16H2,1-2H3,(H,30,33);4-5,7,9-14,22H,2-3,6,8,15H2,1H3,(H,29,32)(H,30,31);1-3,6-9,11,13-14,21,29H,4-5,10,12,15H2,(H,26,30)(H,27,28)/b19-14+;2*18-13+/t23-;22-;21-/m000/s1. The molecule has 0 saturated heterocycles. The van der Waals surface area contributed by atoms with E-state index in [-0.39, 0.29) is 48.5 Å². The van der Waals surface area contributed by atoms with Crippen LogP contribution < -0.4 is 16.0 Å². The van der Waals surface area contributed by atoms with Crippen LogP contribution in [0.2, 0.25) is 10.0 Å². The number of allylic oxidation sites excluding steroid dienone is 3. The Hall–Kier alpha value is -10.2. The number of carbonyl (C=O) groups is 5. The number of aliphatic hydroxyl groups excluding tert-OH is 1. The molecular formula is C77H76Cl2F3N9O8. The Morgan fingerprint density at radius 2 is 0.960 bits per heavy atom. The molecule has 3 heterocycles. The molecule has 9 aromatic rings. The highest BCUT2D eigenvalue weighted by Gasteiger charge is 2.32. The molecule has 0 spiro atoms. The summed E-state index contributed by atoms with van der Waals surface area (Å²) in [5.74, 6) is -3.42. The molecule has 0 radical (unpaired) electrons. The van der Waals surface area contributed by atoms with Gasteiger partial charge in [-0.15, -0.1) is 0 Å². The Morgan fingerprint density at radius 3 is 1.43 bits per heavy atom. The second-order valence-corrected chi connectivity index (χ2v) is 25.2. The molecule has 512 valence electrons. The number of hydrogen-bond acceptors (Lipinski definition) is 11. The molecule has 0 unspecified atom stereocenters. The number of methoxy groups -OCH3 is 2. The molecule has 3 atom stereocenters. The summed E-state index contributed by atoms with van der Waals surface area (Å²) in [6.07, 6.45) is 16.8. The molecule has 0 fully saturated rings. The largest absolute Gasteiger partial charge is 0.467 e. The Balaban J connectivity index is 0.000000161. The Bertz CT molecular complexity index is 4430. The minimum atomic E-state index is -0.955. The predicted molar refractivity (Wildman–Crippen MR) is 376 cm³/mol. The zero-order valence-electron chi connectivity index (χ0n) is 55.0. The third kappa shape index (κ3) is 18.9. The summed E-state index contributed by atoms with van der Waals surface area (Å²) in [4.78, 5) is 64.3. The van der Waals surface area contributed by atoms with Gasteiger partial charge in [-0.05, 0) is 206 Å². The predicted octanol–water partition coefficient (Wildman–Crippen LogP) is 14.3. The van der Waals surface area contributed by atoms with Crippen molar-refractivity contribution < 1.29 is 51.7 Å². The summed E-state index contributed by atoms with van der Waals surface area (Å²) in [6.45, 7) is -0.175. The van der Waals surface area contributed by atoms with Crippen molar-refractivity contribution in [3.63, 3.8) is 0 Å². The topological polar surface area (TPSA) is 235 Å². The Kier molecular flexibility index (Phi) is 24.9. The Labute approximate surface area is 581 Å². The number of fused-ring (bicyclic) bond motifs is 3. The summed E-state index contributed by atoms with van der Waals surface area (Å²) in [6, 6.07) is 40.3. The van der Waals surface area contributed by atoms with E-state index >= 15 is 0 Å². The van der Waals surface area contributed by atoms with Crippen LogP contribution in [0.25, 0.3) is 34.9 Å². The maximum Gasteiger partial charge on any atom is 0.328 e. The first-order valence-electron chi connectivity index (χ1n) is 32.8. The zero-order valence-corrected chi connectivity index (χ0v) is 56.5. The van der Waals surface area contributed by atoms with E-state index in [1.54, 1.807) is 42.1 Å². The number of esters is 2. The fraction of sp³-hybridized carbons (Fsp3) is 0.273. The van der Waals surface area contributed by atoms with Gasteiger partial charge in [0.1, 0.15) is 40.9 Å². The minimum Gasteiger partial charge on any atom is -0.467 e. The minimum absolute atomic E-state index is 0.151. The van der Waals surface area contributed by atoms with Crippen molar-refractivity contribution in [2.75, 3.05) is 20.8 Å². The first-order chi connectivity index (χ1) is 47.9. The highest BCUT2D eigenvalue weighted by atomic mass is 35.5. The smallest absolute Gasteiger partial charge is 0.328 e. The Morgan fingerprint density at radius 1 is 0.525 bits per heavy atom. The van der Waals surface area contributed by atoms with Crippen LogP contribution in [0, 0.1) is 17.5 Å². The van der Waals surface area contributed by atoms with Crippen LogP contribution in [0.15, 0.2) is 152 Å². The molecule has 0 bridgehead atoms. The van der Waals surface area contributed by atoms with Crippen LogP contribution in [0.5, 0.6) is 0 Å². The van der Waals surface area contributed by atoms with Gasteiger partial charge in [-0.2, -0.15) is 15.3 Å². The van der Waals surface area contributed by atoms with Crippen molar-refractivity contribution in [2.45, 2.75) is 108 Å². The number of benzene rings is 6. The number of nitrogens with one attached hydrogen (secondary N) is 5. The normalized spacial score (nSPS) is 15.5. The number of H-pyrrole nitrogens is 2. The van der Waals surface area contributed by atoms with Crippen LogP contribution >= 0.6 is 23.2 Å². The lowest BCUT2D eigenvalue weighted by atomic mass is 10.0. The van der Waals surface area contributed by atoms with E-state index in [1.807, 2.05) is 97.1 Å². The second-order valence-electron chi connectivity index (χ2n) is 24.3. The lowest BCUT2D eigenvalue weighted by Gasteiger charge is -2.16. The van der Waals surface area contributed by atoms with Crippen LogP contribution in [0.1, 0.15) is 162 Å². The zero-order chi connectivity index (χ0) is 70.0. The van der Waals surface area contributed by atoms with E-state index in [9.17, 15) is 42.3 Å². The van der Waals surface area contributed by atoms with Gasteiger partial charge >= 0.3 is 11.9 Å². The second kappa shape index (κ2) is 34.4. The van der Waals surface area contributed by atoms with Gasteiger partial charge in [0.25, 0.3) is 17.7 Å². The summed E-state index contributed by atoms with van der Waals surface area (Å²) in [5, 5.41) is 38.8. The number of carbonyl (C=O) groups excluding carboxylic acids is 5. The van der Waals surface area contributed by atoms with Gasteiger partial charge in [-0.25, -0.2) is 22.8 Å². The van der Waals surface area contributed by atoms with E-state index in [2.05, 4.69) is 47.5 Å². The van der Waals surface area contributed by atoms with Gasteiger partial charge in [0, 0.05) is 46.6 Å². The van der Waals surface area contributed by atoms with Gasteiger partial charge in [-0.3, -0.25) is 29.3 Å². The molecule has 3 aromatic heterocycles. The third-order valence-corrected chi connectivity index (χ3v) is 17.8. The monoisotopic (exact) mass is 1380 g/mol. The van der Waals surface area contributed by atoms with Crippen molar-refractivity contribution in [1.82, 2.24) is 46.1 Å².